The fraction of sp³-hybridized carbons (Fsp3) is 0.412. The minimum Gasteiger partial charge on any atom is -0.308 e. The fourth-order valence-electron chi connectivity index (χ4n) is 5.99. The molecule has 1 fully saturated rings. The van der Waals surface area contributed by atoms with Gasteiger partial charge in [0.15, 0.2) is 0 Å². The van der Waals surface area contributed by atoms with E-state index in [1.54, 1.807) is 0 Å². The van der Waals surface area contributed by atoms with Crippen molar-refractivity contribution in [3.8, 4) is 0 Å². The molecule has 3 aromatic carbocycles. The first-order valence-electron chi connectivity index (χ1n) is 14.9. The number of nitrogens with zero attached hydrogens (tertiary/aromatic N) is 2. The summed E-state index contributed by atoms with van der Waals surface area (Å²) >= 11 is 0. The summed E-state index contributed by atoms with van der Waals surface area (Å²) in [6.07, 6.45) is 13.2. The number of anilines is 1. The van der Waals surface area contributed by atoms with Crippen LogP contribution in [0.4, 0.5) is 10.5 Å². The lowest BCUT2D eigenvalue weighted by Crippen LogP contribution is -2.40. The largest absolute Gasteiger partial charge is 0.327 e. The highest BCUT2D eigenvalue weighted by molar-refractivity contribution is 7.66. The van der Waals surface area contributed by atoms with Crippen LogP contribution in [0.15, 0.2) is 89.9 Å². The monoisotopic (exact) mass is 539 g/mol. The van der Waals surface area contributed by atoms with E-state index in [2.05, 4.69) is 60.8 Å². The van der Waals surface area contributed by atoms with Gasteiger partial charge < -0.3 is 5.32 Å². The van der Waals surface area contributed by atoms with Gasteiger partial charge >= 0.3 is 6.03 Å². The molecule has 0 aromatic heterocycles. The lowest BCUT2D eigenvalue weighted by Gasteiger charge is -2.33. The van der Waals surface area contributed by atoms with Gasteiger partial charge in [-0.25, -0.2) is 4.79 Å². The summed E-state index contributed by atoms with van der Waals surface area (Å²) in [5.74, 6) is 0.824. The normalized spacial score (nSPS) is 18.5. The van der Waals surface area contributed by atoms with Crippen LogP contribution >= 0.6 is 7.92 Å². The van der Waals surface area contributed by atoms with Crippen molar-refractivity contribution in [1.29, 1.82) is 0 Å². The van der Waals surface area contributed by atoms with Crippen LogP contribution in [0.25, 0.3) is 0 Å². The number of benzene rings is 3. The lowest BCUT2D eigenvalue weighted by atomic mass is 10.0. The summed E-state index contributed by atoms with van der Waals surface area (Å²) in [4.78, 5) is 20.9. The molecule has 1 aliphatic heterocycles. The molecule has 1 heterocycles. The topological polar surface area (TPSA) is 44.7 Å². The zero-order chi connectivity index (χ0) is 26.9. The molecule has 2 atom stereocenters. The number of nitrogens with one attached hydrogen (secondary N) is 1. The first kappa shape index (κ1) is 27.6. The smallest absolute Gasteiger partial charge is 0.308 e. The molecule has 0 radical (unpaired) electrons. The van der Waals surface area contributed by atoms with Crippen LogP contribution < -0.4 is 10.6 Å². The predicted molar refractivity (Wildman–Crippen MR) is 167 cm³/mol. The van der Waals surface area contributed by atoms with Crippen molar-refractivity contribution in [2.24, 2.45) is 4.99 Å². The minimum absolute atomic E-state index is 0.0683. The zero-order valence-electron chi connectivity index (χ0n) is 23.3. The lowest BCUT2D eigenvalue weighted by molar-refractivity contribution is 0.235. The van der Waals surface area contributed by atoms with E-state index in [4.69, 9.17) is 4.99 Å². The Kier molecular flexibility index (Phi) is 9.83. The number of amides is 2. The van der Waals surface area contributed by atoms with Gasteiger partial charge in [-0.2, -0.15) is 0 Å². The third kappa shape index (κ3) is 6.97. The molecule has 204 valence electrons. The van der Waals surface area contributed by atoms with Crippen molar-refractivity contribution in [1.82, 2.24) is 4.90 Å². The van der Waals surface area contributed by atoms with Crippen LogP contribution in [-0.4, -0.2) is 35.1 Å². The molecule has 3 aromatic rings. The molecule has 1 aliphatic carbocycles. The standard InChI is InChI=1S/C34H42N3OP/c1-2-3-4-16-25-39(29-21-12-7-13-22-29)32-24-15-14-23-30(32)33-36-31(27-17-8-5-9-18-27)26-37(33)34(38)35-28-19-10-6-11-20-28/h5-6,8-11,14-15,17-20,23-24,29,31H,2-4,7,12-13,16,21-22,25-26H2,1H3,(H,35,38). The molecule has 2 unspecified atom stereocenters. The zero-order valence-corrected chi connectivity index (χ0v) is 24.2. The highest BCUT2D eigenvalue weighted by Crippen LogP contribution is 2.49. The van der Waals surface area contributed by atoms with Gasteiger partial charge in [-0.1, -0.05) is 126 Å². The molecular weight excluding hydrogens is 497 g/mol. The number of carbonyl (C=O) groups is 1. The Hall–Kier alpha value is -2.97. The molecule has 1 saturated carbocycles. The van der Waals surface area contributed by atoms with Crippen LogP contribution in [0.5, 0.6) is 0 Å². The third-order valence-electron chi connectivity index (χ3n) is 8.07. The number of para-hydroxylation sites is 1. The van der Waals surface area contributed by atoms with Gasteiger partial charge in [-0.05, 0) is 54.1 Å². The van der Waals surface area contributed by atoms with Crippen LogP contribution in [0.2, 0.25) is 0 Å². The third-order valence-corrected chi connectivity index (χ3v) is 11.3. The maximum absolute atomic E-state index is 13.7. The summed E-state index contributed by atoms with van der Waals surface area (Å²) in [5, 5.41) is 4.57. The predicted octanol–water partition coefficient (Wildman–Crippen LogP) is 8.74. The second-order valence-electron chi connectivity index (χ2n) is 10.8. The quantitative estimate of drug-likeness (QED) is 0.203. The van der Waals surface area contributed by atoms with Crippen LogP contribution in [0.1, 0.15) is 81.9 Å². The number of rotatable bonds is 10. The van der Waals surface area contributed by atoms with Gasteiger partial charge in [0.1, 0.15) is 5.84 Å². The van der Waals surface area contributed by atoms with E-state index < -0.39 is 0 Å². The van der Waals surface area contributed by atoms with E-state index in [0.717, 1.165) is 28.3 Å². The number of aliphatic imine (C=N–C) groups is 1. The van der Waals surface area contributed by atoms with Crippen molar-refractivity contribution in [2.45, 2.75) is 76.4 Å². The second kappa shape index (κ2) is 13.9. The van der Waals surface area contributed by atoms with E-state index in [9.17, 15) is 4.79 Å². The molecule has 5 heteroatoms. The molecule has 39 heavy (non-hydrogen) atoms. The fourth-order valence-corrected chi connectivity index (χ4v) is 9.31. The number of hydrogen-bond acceptors (Lipinski definition) is 2. The molecule has 1 N–H and O–H groups in total. The number of amidine groups is 1. The van der Waals surface area contributed by atoms with Gasteiger partial charge in [0.05, 0.1) is 12.6 Å². The summed E-state index contributed by atoms with van der Waals surface area (Å²) in [6.45, 7) is 2.83. The summed E-state index contributed by atoms with van der Waals surface area (Å²) in [7, 11) is -0.322. The molecule has 0 saturated heterocycles. The SMILES string of the molecule is CCCCCCP(c1ccccc1C1=NC(c2ccccc2)CN1C(=O)Nc1ccccc1)C1CCCCC1. The molecule has 0 spiro atoms. The number of carbonyl (C=O) groups excluding carboxylic acids is 1. The van der Waals surface area contributed by atoms with Gasteiger partial charge in [0.25, 0.3) is 0 Å². The van der Waals surface area contributed by atoms with Crippen LogP contribution in [0.3, 0.4) is 0 Å². The Bertz CT molecular complexity index is 1220. The summed E-state index contributed by atoms with van der Waals surface area (Å²) in [6, 6.07) is 28.8. The Balaban J connectivity index is 1.50. The molecule has 0 bridgehead atoms. The first-order valence-corrected chi connectivity index (χ1v) is 16.5. The Morgan fingerprint density at radius 2 is 1.56 bits per heavy atom. The Morgan fingerprint density at radius 3 is 2.31 bits per heavy atom. The maximum Gasteiger partial charge on any atom is 0.327 e. The van der Waals surface area contributed by atoms with E-state index >= 15 is 0 Å². The van der Waals surface area contributed by atoms with Gasteiger partial charge in [-0.3, -0.25) is 9.89 Å². The van der Waals surface area contributed by atoms with Gasteiger partial charge in [0.2, 0.25) is 0 Å². The summed E-state index contributed by atoms with van der Waals surface area (Å²) in [5.41, 5.74) is 3.89. The van der Waals surface area contributed by atoms with E-state index in [-0.39, 0.29) is 20.0 Å². The minimum atomic E-state index is -0.322. The highest BCUT2D eigenvalue weighted by Gasteiger charge is 2.35. The van der Waals surface area contributed by atoms with Crippen molar-refractivity contribution in [3.05, 3.63) is 96.1 Å². The van der Waals surface area contributed by atoms with Crippen molar-refractivity contribution >= 4 is 30.8 Å². The maximum atomic E-state index is 13.7. The number of unbranched alkanes of at least 4 members (excludes halogenated alkanes) is 3. The van der Waals surface area contributed by atoms with Crippen molar-refractivity contribution < 1.29 is 4.79 Å². The first-order chi connectivity index (χ1) is 19.2. The van der Waals surface area contributed by atoms with E-state index in [1.165, 1.54) is 69.3 Å². The van der Waals surface area contributed by atoms with Gasteiger partial charge in [-0.15, -0.1) is 0 Å². The number of urea groups is 1. The summed E-state index contributed by atoms with van der Waals surface area (Å²) < 4.78 is 0. The average Bonchev–Trinajstić information content (AvgIpc) is 3.45. The number of hydrogen-bond donors (Lipinski definition) is 1. The van der Waals surface area contributed by atoms with E-state index in [0.29, 0.717) is 6.54 Å². The molecule has 2 amide bonds. The van der Waals surface area contributed by atoms with Crippen LogP contribution in [0, 0.1) is 0 Å². The second-order valence-corrected chi connectivity index (χ2v) is 13.4. The Morgan fingerprint density at radius 1 is 0.872 bits per heavy atom. The molecule has 4 nitrogen and oxygen atoms in total. The van der Waals surface area contributed by atoms with Crippen molar-refractivity contribution in [2.75, 3.05) is 18.0 Å². The van der Waals surface area contributed by atoms with Gasteiger partial charge in [0, 0.05) is 11.3 Å². The van der Waals surface area contributed by atoms with Crippen molar-refractivity contribution in [3.63, 3.8) is 0 Å². The van der Waals surface area contributed by atoms with E-state index in [1.807, 2.05) is 41.3 Å². The Labute approximate surface area is 235 Å². The molecule has 5 rings (SSSR count). The average molecular weight is 540 g/mol. The molecular formula is C34H42N3OP. The molecule has 2 aliphatic rings. The van der Waals surface area contributed by atoms with Crippen LogP contribution in [-0.2, 0) is 0 Å². The highest BCUT2D eigenvalue weighted by atomic mass is 31.1.